The van der Waals surface area contributed by atoms with Crippen molar-refractivity contribution in [2.75, 3.05) is 17.2 Å². The number of carbonyl (C=O) groups excluding carboxylic acids is 1. The molecule has 0 unspecified atom stereocenters. The summed E-state index contributed by atoms with van der Waals surface area (Å²) in [6, 6.07) is 21.3. The van der Waals surface area contributed by atoms with E-state index in [4.69, 9.17) is 21.1 Å². The molecular weight excluding hydrogens is 436 g/mol. The van der Waals surface area contributed by atoms with Crippen molar-refractivity contribution in [2.24, 2.45) is 5.92 Å². The molecule has 0 bridgehead atoms. The quantitative estimate of drug-likeness (QED) is 0.322. The fraction of sp³-hybridized carbons (Fsp3) is 0.296. The van der Waals surface area contributed by atoms with Crippen LogP contribution in [0.5, 0.6) is 11.5 Å². The molecule has 174 valence electrons. The molecule has 0 spiro atoms. The summed E-state index contributed by atoms with van der Waals surface area (Å²) in [7, 11) is 0. The van der Waals surface area contributed by atoms with Gasteiger partial charge in [0.05, 0.1) is 6.61 Å². The Bertz CT molecular complexity index is 1070. The molecule has 0 aliphatic heterocycles. The van der Waals surface area contributed by atoms with Crippen LogP contribution in [0.2, 0.25) is 5.02 Å². The van der Waals surface area contributed by atoms with Gasteiger partial charge in [-0.2, -0.15) is 0 Å². The lowest BCUT2D eigenvalue weighted by Gasteiger charge is -2.15. The molecule has 3 rings (SSSR count). The third-order valence-corrected chi connectivity index (χ3v) is 5.06. The standard InChI is InChI=1S/C27H31ClN2O3/c1-4-32-26-15-20(11-12-25(26)33-18-21-7-5-8-22(28)14-21)17-29-23-9-6-10-24(16-23)30-27(31)13-19(2)3/h5-12,14-16,19,29H,4,13,17-18H2,1-3H3,(H,30,31). The maximum absolute atomic E-state index is 12.0. The summed E-state index contributed by atoms with van der Waals surface area (Å²) in [4.78, 5) is 12.0. The third kappa shape index (κ3) is 8.03. The molecule has 0 atom stereocenters. The minimum atomic E-state index is 0.0249. The number of halogens is 1. The van der Waals surface area contributed by atoms with E-state index in [9.17, 15) is 4.79 Å². The molecule has 33 heavy (non-hydrogen) atoms. The predicted octanol–water partition coefficient (Wildman–Crippen LogP) is 6.91. The number of benzene rings is 3. The third-order valence-electron chi connectivity index (χ3n) is 4.83. The Morgan fingerprint density at radius 1 is 0.909 bits per heavy atom. The van der Waals surface area contributed by atoms with E-state index in [0.717, 1.165) is 22.5 Å². The Balaban J connectivity index is 1.62. The molecule has 0 aromatic heterocycles. The monoisotopic (exact) mass is 466 g/mol. The smallest absolute Gasteiger partial charge is 0.224 e. The van der Waals surface area contributed by atoms with Gasteiger partial charge < -0.3 is 20.1 Å². The highest BCUT2D eigenvalue weighted by Crippen LogP contribution is 2.30. The van der Waals surface area contributed by atoms with Gasteiger partial charge in [-0.15, -0.1) is 0 Å². The van der Waals surface area contributed by atoms with Gasteiger partial charge in [-0.05, 0) is 66.4 Å². The molecule has 0 fully saturated rings. The molecule has 3 aromatic rings. The molecule has 3 aromatic carbocycles. The van der Waals surface area contributed by atoms with Gasteiger partial charge in [-0.1, -0.05) is 49.7 Å². The second kappa shape index (κ2) is 12.2. The second-order valence-electron chi connectivity index (χ2n) is 8.21. The number of amides is 1. The number of carbonyl (C=O) groups is 1. The lowest BCUT2D eigenvalue weighted by Crippen LogP contribution is -2.13. The van der Waals surface area contributed by atoms with Crippen molar-refractivity contribution in [1.82, 2.24) is 0 Å². The highest BCUT2D eigenvalue weighted by molar-refractivity contribution is 6.30. The van der Waals surface area contributed by atoms with Gasteiger partial charge in [-0.3, -0.25) is 4.79 Å². The van der Waals surface area contributed by atoms with Crippen molar-refractivity contribution < 1.29 is 14.3 Å². The number of rotatable bonds is 11. The Morgan fingerprint density at radius 2 is 1.70 bits per heavy atom. The molecular formula is C27H31ClN2O3. The fourth-order valence-electron chi connectivity index (χ4n) is 3.33. The first kappa shape index (κ1) is 24.5. The zero-order valence-electron chi connectivity index (χ0n) is 19.4. The summed E-state index contributed by atoms with van der Waals surface area (Å²) in [6.07, 6.45) is 0.504. The highest BCUT2D eigenvalue weighted by atomic mass is 35.5. The van der Waals surface area contributed by atoms with E-state index >= 15 is 0 Å². The molecule has 0 radical (unpaired) electrons. The molecule has 0 heterocycles. The average Bonchev–Trinajstić information content (AvgIpc) is 2.77. The van der Waals surface area contributed by atoms with Crippen LogP contribution in [0.4, 0.5) is 11.4 Å². The van der Waals surface area contributed by atoms with E-state index in [1.54, 1.807) is 0 Å². The predicted molar refractivity (Wildman–Crippen MR) is 135 cm³/mol. The van der Waals surface area contributed by atoms with Gasteiger partial charge in [0.2, 0.25) is 5.91 Å². The molecule has 5 nitrogen and oxygen atoms in total. The summed E-state index contributed by atoms with van der Waals surface area (Å²) in [5.41, 5.74) is 3.76. The first-order valence-electron chi connectivity index (χ1n) is 11.2. The normalized spacial score (nSPS) is 10.7. The van der Waals surface area contributed by atoms with Crippen LogP contribution in [-0.4, -0.2) is 12.5 Å². The first-order valence-corrected chi connectivity index (χ1v) is 11.6. The topological polar surface area (TPSA) is 59.6 Å². The maximum atomic E-state index is 12.0. The second-order valence-corrected chi connectivity index (χ2v) is 8.65. The average molecular weight is 467 g/mol. The molecule has 2 N–H and O–H groups in total. The van der Waals surface area contributed by atoms with Gasteiger partial charge in [0.15, 0.2) is 11.5 Å². The van der Waals surface area contributed by atoms with Crippen molar-refractivity contribution in [3.05, 3.63) is 82.9 Å². The number of ether oxygens (including phenoxy) is 2. The van der Waals surface area contributed by atoms with Crippen LogP contribution in [0.25, 0.3) is 0 Å². The van der Waals surface area contributed by atoms with Crippen LogP contribution in [-0.2, 0) is 17.9 Å². The zero-order valence-corrected chi connectivity index (χ0v) is 20.1. The van der Waals surface area contributed by atoms with Crippen LogP contribution >= 0.6 is 11.6 Å². The van der Waals surface area contributed by atoms with Crippen molar-refractivity contribution in [3.63, 3.8) is 0 Å². The van der Waals surface area contributed by atoms with E-state index in [1.165, 1.54) is 0 Å². The van der Waals surface area contributed by atoms with Crippen LogP contribution in [0.1, 0.15) is 38.3 Å². The lowest BCUT2D eigenvalue weighted by atomic mass is 10.1. The summed E-state index contributed by atoms with van der Waals surface area (Å²) < 4.78 is 11.8. The number of anilines is 2. The van der Waals surface area contributed by atoms with Crippen molar-refractivity contribution >= 4 is 28.9 Å². The molecule has 0 aliphatic carbocycles. The fourth-order valence-corrected chi connectivity index (χ4v) is 3.54. The Morgan fingerprint density at radius 3 is 2.45 bits per heavy atom. The maximum Gasteiger partial charge on any atom is 0.224 e. The first-order chi connectivity index (χ1) is 15.9. The van der Waals surface area contributed by atoms with E-state index < -0.39 is 0 Å². The van der Waals surface area contributed by atoms with Crippen LogP contribution in [0.3, 0.4) is 0 Å². The zero-order chi connectivity index (χ0) is 23.6. The largest absolute Gasteiger partial charge is 0.490 e. The molecule has 0 aliphatic rings. The Hall–Kier alpha value is -3.18. The minimum Gasteiger partial charge on any atom is -0.490 e. The Labute approximate surface area is 201 Å². The van der Waals surface area contributed by atoms with Crippen LogP contribution in [0.15, 0.2) is 66.7 Å². The van der Waals surface area contributed by atoms with Gasteiger partial charge >= 0.3 is 0 Å². The summed E-state index contributed by atoms with van der Waals surface area (Å²) in [6.45, 7) is 7.57. The molecule has 0 saturated heterocycles. The van der Waals surface area contributed by atoms with E-state index in [1.807, 2.05) is 87.5 Å². The van der Waals surface area contributed by atoms with Crippen LogP contribution < -0.4 is 20.1 Å². The van der Waals surface area contributed by atoms with Crippen LogP contribution in [0, 0.1) is 5.92 Å². The van der Waals surface area contributed by atoms with Crippen molar-refractivity contribution in [1.29, 1.82) is 0 Å². The number of hydrogen-bond donors (Lipinski definition) is 2. The van der Waals surface area contributed by atoms with Crippen molar-refractivity contribution in [3.8, 4) is 11.5 Å². The number of nitrogens with one attached hydrogen (secondary N) is 2. The van der Waals surface area contributed by atoms with E-state index in [2.05, 4.69) is 10.6 Å². The molecule has 6 heteroatoms. The summed E-state index contributed by atoms with van der Waals surface area (Å²) >= 11 is 6.06. The Kier molecular flexibility index (Phi) is 9.02. The number of hydrogen-bond acceptors (Lipinski definition) is 4. The highest BCUT2D eigenvalue weighted by Gasteiger charge is 2.09. The van der Waals surface area contributed by atoms with E-state index in [0.29, 0.717) is 48.6 Å². The summed E-state index contributed by atoms with van der Waals surface area (Å²) in [5, 5.41) is 7.04. The van der Waals surface area contributed by atoms with Gasteiger partial charge in [0.1, 0.15) is 6.61 Å². The van der Waals surface area contributed by atoms with Gasteiger partial charge in [0.25, 0.3) is 0 Å². The molecule has 1 amide bonds. The van der Waals surface area contributed by atoms with Crippen molar-refractivity contribution in [2.45, 2.75) is 40.3 Å². The SMILES string of the molecule is CCOc1cc(CNc2cccc(NC(=O)CC(C)C)c2)ccc1OCc1cccc(Cl)c1. The minimum absolute atomic E-state index is 0.0249. The summed E-state index contributed by atoms with van der Waals surface area (Å²) in [5.74, 6) is 1.74. The molecule has 0 saturated carbocycles. The van der Waals surface area contributed by atoms with E-state index in [-0.39, 0.29) is 5.91 Å². The lowest BCUT2D eigenvalue weighted by molar-refractivity contribution is -0.116. The van der Waals surface area contributed by atoms with Gasteiger partial charge in [-0.25, -0.2) is 0 Å². The van der Waals surface area contributed by atoms with Gasteiger partial charge in [0, 0.05) is 29.4 Å².